The van der Waals surface area contributed by atoms with Gasteiger partial charge in [0, 0.05) is 19.8 Å². The highest BCUT2D eigenvalue weighted by Gasteiger charge is 2.33. The van der Waals surface area contributed by atoms with E-state index in [-0.39, 0.29) is 17.9 Å². The predicted molar refractivity (Wildman–Crippen MR) is 149 cm³/mol. The predicted octanol–water partition coefficient (Wildman–Crippen LogP) is 3.18. The number of benzene rings is 2. The highest BCUT2D eigenvalue weighted by Crippen LogP contribution is 2.33. The molecule has 1 aliphatic heterocycles. The molecule has 188 valence electrons. The van der Waals surface area contributed by atoms with Crippen LogP contribution in [0.2, 0.25) is 0 Å². The molecule has 2 aromatic carbocycles. The van der Waals surface area contributed by atoms with Crippen LogP contribution in [-0.2, 0) is 9.53 Å². The Balaban J connectivity index is 1.94. The summed E-state index contributed by atoms with van der Waals surface area (Å²) in [5, 5.41) is 10.2. The van der Waals surface area contributed by atoms with Crippen LogP contribution >= 0.6 is 33.9 Å². The Bertz CT molecular complexity index is 1540. The molecular weight excluding hydrogens is 593 g/mol. The number of thiazole rings is 1. The van der Waals surface area contributed by atoms with Crippen LogP contribution in [0, 0.1) is 3.57 Å². The van der Waals surface area contributed by atoms with E-state index in [1.165, 1.54) is 18.4 Å². The number of nitrogens with zero attached hydrogens (tertiary/aromatic N) is 3. The number of esters is 1. The van der Waals surface area contributed by atoms with Crippen molar-refractivity contribution in [1.29, 1.82) is 0 Å². The zero-order valence-electron chi connectivity index (χ0n) is 20.5. The summed E-state index contributed by atoms with van der Waals surface area (Å²) in [5.41, 5.74) is 3.08. The lowest BCUT2D eigenvalue weighted by molar-refractivity contribution is -0.139. The minimum Gasteiger partial charge on any atom is -0.504 e. The molecular formula is C26H26IN3O5S. The van der Waals surface area contributed by atoms with Gasteiger partial charge in [-0.05, 0) is 77.9 Å². The number of carbonyl (C=O) groups is 1. The molecule has 0 spiro atoms. The van der Waals surface area contributed by atoms with Gasteiger partial charge in [-0.25, -0.2) is 9.79 Å². The second kappa shape index (κ2) is 10.5. The normalized spacial score (nSPS) is 15.4. The quantitative estimate of drug-likeness (QED) is 0.337. The first-order chi connectivity index (χ1) is 17.2. The SMILES string of the molecule is CCOC(=O)C1=C(C)N=c2s/c(=C\c3cc(I)c(O)c(OC)c3)c(=O)n2[C@H]1c1ccc(N(C)C)cc1. The van der Waals surface area contributed by atoms with Crippen LogP contribution in [0.25, 0.3) is 6.08 Å². The monoisotopic (exact) mass is 619 g/mol. The molecule has 1 aromatic heterocycles. The van der Waals surface area contributed by atoms with Crippen LogP contribution in [-0.4, -0.2) is 43.5 Å². The molecule has 0 fully saturated rings. The molecule has 10 heteroatoms. The molecule has 0 radical (unpaired) electrons. The summed E-state index contributed by atoms with van der Waals surface area (Å²) >= 11 is 3.26. The van der Waals surface area contributed by atoms with Crippen molar-refractivity contribution in [3.8, 4) is 11.5 Å². The average Bonchev–Trinajstić information content (AvgIpc) is 3.14. The van der Waals surface area contributed by atoms with Gasteiger partial charge in [0.2, 0.25) is 0 Å². The van der Waals surface area contributed by atoms with E-state index in [1.54, 1.807) is 36.6 Å². The van der Waals surface area contributed by atoms with Crippen molar-refractivity contribution in [1.82, 2.24) is 4.57 Å². The van der Waals surface area contributed by atoms with Gasteiger partial charge in [-0.15, -0.1) is 0 Å². The third kappa shape index (κ3) is 4.79. The van der Waals surface area contributed by atoms with E-state index in [4.69, 9.17) is 9.47 Å². The number of aromatic hydroxyl groups is 1. The summed E-state index contributed by atoms with van der Waals surface area (Å²) in [5.74, 6) is -0.125. The number of rotatable bonds is 6. The molecule has 0 amide bonds. The number of hydrogen-bond donors (Lipinski definition) is 1. The maximum atomic E-state index is 13.7. The summed E-state index contributed by atoms with van der Waals surface area (Å²) < 4.78 is 13.2. The summed E-state index contributed by atoms with van der Waals surface area (Å²) in [6.45, 7) is 3.72. The van der Waals surface area contributed by atoms with Gasteiger partial charge in [0.05, 0.1) is 39.1 Å². The van der Waals surface area contributed by atoms with Crippen LogP contribution in [0.3, 0.4) is 0 Å². The smallest absolute Gasteiger partial charge is 0.338 e. The Hall–Kier alpha value is -3.12. The minimum absolute atomic E-state index is 0.0487. The second-order valence-corrected chi connectivity index (χ2v) is 10.5. The van der Waals surface area contributed by atoms with Crippen molar-refractivity contribution >= 4 is 51.7 Å². The Morgan fingerprint density at radius 2 is 1.97 bits per heavy atom. The van der Waals surface area contributed by atoms with Crippen molar-refractivity contribution in [2.75, 3.05) is 32.7 Å². The molecule has 36 heavy (non-hydrogen) atoms. The van der Waals surface area contributed by atoms with Crippen molar-refractivity contribution < 1.29 is 19.4 Å². The molecule has 0 bridgehead atoms. The van der Waals surface area contributed by atoms with Gasteiger partial charge in [0.25, 0.3) is 5.56 Å². The summed E-state index contributed by atoms with van der Waals surface area (Å²) in [6, 6.07) is 10.5. The molecule has 8 nitrogen and oxygen atoms in total. The van der Waals surface area contributed by atoms with E-state index < -0.39 is 12.0 Å². The van der Waals surface area contributed by atoms with Crippen molar-refractivity contribution in [3.05, 3.63) is 82.1 Å². The topological polar surface area (TPSA) is 93.4 Å². The number of halogens is 1. The van der Waals surface area contributed by atoms with Gasteiger partial charge in [-0.1, -0.05) is 23.5 Å². The van der Waals surface area contributed by atoms with Crippen molar-refractivity contribution in [2.24, 2.45) is 4.99 Å². The van der Waals surface area contributed by atoms with E-state index in [2.05, 4.69) is 4.99 Å². The summed E-state index contributed by atoms with van der Waals surface area (Å²) in [7, 11) is 5.38. The third-order valence-electron chi connectivity index (χ3n) is 5.81. The number of anilines is 1. The number of methoxy groups -OCH3 is 1. The standard InChI is InChI=1S/C26H26IN3O5S/c1-6-35-25(33)21-14(2)28-26-30(22(21)16-7-9-17(10-8-16)29(3)4)24(32)20(36-26)13-15-11-18(27)23(31)19(12-15)34-5/h7-13,22,31H,6H2,1-5H3/b20-13-/t22-/m0/s1. The van der Waals surface area contributed by atoms with Gasteiger partial charge < -0.3 is 19.5 Å². The lowest BCUT2D eigenvalue weighted by atomic mass is 9.95. The molecule has 0 unspecified atom stereocenters. The Morgan fingerprint density at radius 3 is 2.58 bits per heavy atom. The molecule has 2 heterocycles. The first-order valence-corrected chi connectivity index (χ1v) is 13.1. The second-order valence-electron chi connectivity index (χ2n) is 8.34. The van der Waals surface area contributed by atoms with Gasteiger partial charge in [0.15, 0.2) is 16.3 Å². The van der Waals surface area contributed by atoms with E-state index in [0.717, 1.165) is 11.3 Å². The van der Waals surface area contributed by atoms with E-state index in [1.807, 2.05) is 65.9 Å². The van der Waals surface area contributed by atoms with E-state index in [9.17, 15) is 14.7 Å². The number of ether oxygens (including phenoxy) is 2. The minimum atomic E-state index is -0.673. The van der Waals surface area contributed by atoms with Gasteiger partial charge in [0.1, 0.15) is 0 Å². The van der Waals surface area contributed by atoms with Gasteiger partial charge in [-0.3, -0.25) is 9.36 Å². The number of fused-ring (bicyclic) bond motifs is 1. The third-order valence-corrected chi connectivity index (χ3v) is 7.62. The van der Waals surface area contributed by atoms with Crippen LogP contribution in [0.15, 0.2) is 57.5 Å². The molecule has 1 aliphatic rings. The van der Waals surface area contributed by atoms with Gasteiger partial charge >= 0.3 is 5.97 Å². The number of allylic oxidation sites excluding steroid dienone is 1. The van der Waals surface area contributed by atoms with Crippen molar-refractivity contribution in [3.63, 3.8) is 0 Å². The fourth-order valence-electron chi connectivity index (χ4n) is 4.05. The first kappa shape index (κ1) is 26.0. The number of phenols is 1. The first-order valence-electron chi connectivity index (χ1n) is 11.2. The fraction of sp³-hybridized carbons (Fsp3) is 0.269. The number of carbonyl (C=O) groups excluding carboxylic acids is 1. The number of hydrogen-bond acceptors (Lipinski definition) is 8. The lowest BCUT2D eigenvalue weighted by Crippen LogP contribution is -2.39. The van der Waals surface area contributed by atoms with E-state index in [0.29, 0.717) is 35.5 Å². The van der Waals surface area contributed by atoms with Gasteiger partial charge in [-0.2, -0.15) is 0 Å². The number of aromatic nitrogens is 1. The summed E-state index contributed by atoms with van der Waals surface area (Å²) in [4.78, 5) is 33.8. The zero-order chi connectivity index (χ0) is 26.1. The molecule has 0 aliphatic carbocycles. The largest absolute Gasteiger partial charge is 0.504 e. The Kier molecular flexibility index (Phi) is 7.55. The highest BCUT2D eigenvalue weighted by molar-refractivity contribution is 14.1. The molecule has 1 atom stereocenters. The molecule has 0 saturated heterocycles. The molecule has 1 N–H and O–H groups in total. The van der Waals surface area contributed by atoms with E-state index >= 15 is 0 Å². The van der Waals surface area contributed by atoms with Crippen LogP contribution < -0.4 is 24.5 Å². The zero-order valence-corrected chi connectivity index (χ0v) is 23.5. The van der Waals surface area contributed by atoms with Crippen molar-refractivity contribution in [2.45, 2.75) is 19.9 Å². The maximum Gasteiger partial charge on any atom is 0.338 e. The maximum absolute atomic E-state index is 13.7. The van der Waals surface area contributed by atoms with Crippen LogP contribution in [0.4, 0.5) is 5.69 Å². The molecule has 3 aromatic rings. The lowest BCUT2D eigenvalue weighted by Gasteiger charge is -2.25. The molecule has 0 saturated carbocycles. The Labute approximate surface area is 226 Å². The average molecular weight is 619 g/mol. The summed E-state index contributed by atoms with van der Waals surface area (Å²) in [6.07, 6.45) is 1.74. The Morgan fingerprint density at radius 1 is 1.28 bits per heavy atom. The highest BCUT2D eigenvalue weighted by atomic mass is 127. The number of phenolic OH excluding ortho intramolecular Hbond substituents is 1. The molecule has 4 rings (SSSR count). The fourth-order valence-corrected chi connectivity index (χ4v) is 5.72. The van der Waals surface area contributed by atoms with Crippen LogP contribution in [0.1, 0.15) is 31.0 Å². The van der Waals surface area contributed by atoms with Crippen LogP contribution in [0.5, 0.6) is 11.5 Å².